The Kier molecular flexibility index (Phi) is 6.00. The van der Waals surface area contributed by atoms with Gasteiger partial charge in [0.1, 0.15) is 11.5 Å². The quantitative estimate of drug-likeness (QED) is 0.876. The van der Waals surface area contributed by atoms with Crippen LogP contribution in [0.1, 0.15) is 15.9 Å². The van der Waals surface area contributed by atoms with Gasteiger partial charge in [-0.15, -0.1) is 0 Å². The van der Waals surface area contributed by atoms with Gasteiger partial charge in [-0.1, -0.05) is 17.7 Å². The van der Waals surface area contributed by atoms with Crippen LogP contribution in [0.4, 0.5) is 5.69 Å². The number of likely N-dealkylation sites (N-methyl/N-ethyl adjacent to an activating group) is 1. The molecule has 0 saturated heterocycles. The molecule has 0 fully saturated rings. The van der Waals surface area contributed by atoms with Gasteiger partial charge in [-0.25, -0.2) is 0 Å². The van der Waals surface area contributed by atoms with Crippen molar-refractivity contribution >= 4 is 17.5 Å². The molecule has 0 aromatic heterocycles. The van der Waals surface area contributed by atoms with Crippen LogP contribution in [-0.2, 0) is 4.79 Å². The van der Waals surface area contributed by atoms with Gasteiger partial charge in [-0.2, -0.15) is 0 Å². The van der Waals surface area contributed by atoms with E-state index < -0.39 is 0 Å². The normalized spacial score (nSPS) is 10.1. The Morgan fingerprint density at radius 1 is 1.00 bits per heavy atom. The average Bonchev–Trinajstić information content (AvgIpc) is 2.62. The molecular formula is C19H22N2O4. The summed E-state index contributed by atoms with van der Waals surface area (Å²) in [5.74, 6) is 0.464. The molecule has 0 aliphatic carbocycles. The molecule has 25 heavy (non-hydrogen) atoms. The number of amides is 2. The highest BCUT2D eigenvalue weighted by atomic mass is 16.5. The molecule has 0 atom stereocenters. The lowest BCUT2D eigenvalue weighted by molar-refractivity contribution is -0.116. The third-order valence-corrected chi connectivity index (χ3v) is 3.66. The Hall–Kier alpha value is -3.02. The summed E-state index contributed by atoms with van der Waals surface area (Å²) in [6, 6.07) is 12.4. The van der Waals surface area contributed by atoms with Crippen LogP contribution in [0.25, 0.3) is 0 Å². The topological polar surface area (TPSA) is 67.9 Å². The SMILES string of the molecule is COc1cc(OC)cc(C(=O)N(C)CC(=O)Nc2ccc(C)cc2)c1. The molecule has 6 heteroatoms. The average molecular weight is 342 g/mol. The minimum absolute atomic E-state index is 0.0633. The summed E-state index contributed by atoms with van der Waals surface area (Å²) < 4.78 is 10.3. The van der Waals surface area contributed by atoms with Crippen molar-refractivity contribution in [2.24, 2.45) is 0 Å². The van der Waals surface area contributed by atoms with E-state index in [4.69, 9.17) is 9.47 Å². The van der Waals surface area contributed by atoms with Crippen LogP contribution in [0.15, 0.2) is 42.5 Å². The van der Waals surface area contributed by atoms with Crippen LogP contribution in [0.5, 0.6) is 11.5 Å². The number of carbonyl (C=O) groups is 2. The van der Waals surface area contributed by atoms with Crippen molar-refractivity contribution in [3.63, 3.8) is 0 Å². The molecule has 0 heterocycles. The summed E-state index contributed by atoms with van der Waals surface area (Å²) >= 11 is 0. The minimum atomic E-state index is -0.295. The van der Waals surface area contributed by atoms with Crippen LogP contribution in [-0.4, -0.2) is 44.5 Å². The fourth-order valence-corrected chi connectivity index (χ4v) is 2.28. The van der Waals surface area contributed by atoms with Crippen molar-refractivity contribution in [1.82, 2.24) is 4.90 Å². The molecule has 0 spiro atoms. The first-order valence-corrected chi connectivity index (χ1v) is 7.78. The Morgan fingerprint density at radius 2 is 1.56 bits per heavy atom. The maximum atomic E-state index is 12.5. The molecule has 0 aliphatic heterocycles. The standard InChI is InChI=1S/C19H22N2O4/c1-13-5-7-15(8-6-13)20-18(22)12-21(2)19(23)14-9-16(24-3)11-17(10-14)25-4/h5-11H,12H2,1-4H3,(H,20,22). The second-order valence-electron chi connectivity index (χ2n) is 5.68. The van der Waals surface area contributed by atoms with Crippen LogP contribution in [0.3, 0.4) is 0 Å². The van der Waals surface area contributed by atoms with Gasteiger partial charge in [0.15, 0.2) is 0 Å². The zero-order chi connectivity index (χ0) is 18.4. The van der Waals surface area contributed by atoms with Gasteiger partial charge >= 0.3 is 0 Å². The summed E-state index contributed by atoms with van der Waals surface area (Å²) in [4.78, 5) is 26.0. The Balaban J connectivity index is 2.04. The van der Waals surface area contributed by atoms with Crippen LogP contribution in [0.2, 0.25) is 0 Å². The van der Waals surface area contributed by atoms with Crippen molar-refractivity contribution in [1.29, 1.82) is 0 Å². The lowest BCUT2D eigenvalue weighted by atomic mass is 10.1. The van der Waals surface area contributed by atoms with Crippen LogP contribution >= 0.6 is 0 Å². The molecule has 2 aromatic rings. The first-order valence-electron chi connectivity index (χ1n) is 7.78. The van der Waals surface area contributed by atoms with Crippen molar-refractivity contribution in [3.8, 4) is 11.5 Å². The maximum absolute atomic E-state index is 12.5. The molecule has 1 N–H and O–H groups in total. The van der Waals surface area contributed by atoms with Crippen molar-refractivity contribution in [2.45, 2.75) is 6.92 Å². The Morgan fingerprint density at radius 3 is 2.08 bits per heavy atom. The van der Waals surface area contributed by atoms with E-state index in [0.717, 1.165) is 5.56 Å². The number of nitrogens with one attached hydrogen (secondary N) is 1. The predicted molar refractivity (Wildman–Crippen MR) is 96.3 cm³/mol. The second kappa shape index (κ2) is 8.19. The zero-order valence-corrected chi connectivity index (χ0v) is 14.8. The number of aryl methyl sites for hydroxylation is 1. The number of methoxy groups -OCH3 is 2. The van der Waals surface area contributed by atoms with Crippen LogP contribution in [0, 0.1) is 6.92 Å². The maximum Gasteiger partial charge on any atom is 0.254 e. The van der Waals surface area contributed by atoms with Gasteiger partial charge < -0.3 is 19.7 Å². The third kappa shape index (κ3) is 4.97. The number of hydrogen-bond donors (Lipinski definition) is 1. The number of ether oxygens (including phenoxy) is 2. The minimum Gasteiger partial charge on any atom is -0.497 e. The smallest absolute Gasteiger partial charge is 0.254 e. The van der Waals surface area contributed by atoms with Gasteiger partial charge in [-0.05, 0) is 31.2 Å². The van der Waals surface area contributed by atoms with E-state index in [1.54, 1.807) is 25.2 Å². The molecular weight excluding hydrogens is 320 g/mol. The molecule has 132 valence electrons. The Labute approximate surface area is 147 Å². The number of rotatable bonds is 6. The van der Waals surface area contributed by atoms with Crippen molar-refractivity contribution in [2.75, 3.05) is 33.1 Å². The number of benzene rings is 2. The van der Waals surface area contributed by atoms with Crippen LogP contribution < -0.4 is 14.8 Å². The lowest BCUT2D eigenvalue weighted by Crippen LogP contribution is -2.34. The third-order valence-electron chi connectivity index (χ3n) is 3.66. The van der Waals surface area contributed by atoms with E-state index in [2.05, 4.69) is 5.32 Å². The number of carbonyl (C=O) groups excluding carboxylic acids is 2. The second-order valence-corrected chi connectivity index (χ2v) is 5.68. The molecule has 0 saturated carbocycles. The largest absolute Gasteiger partial charge is 0.497 e. The molecule has 2 rings (SSSR count). The molecule has 6 nitrogen and oxygen atoms in total. The molecule has 0 radical (unpaired) electrons. The van der Waals surface area contributed by atoms with E-state index >= 15 is 0 Å². The van der Waals surface area contributed by atoms with Crippen molar-refractivity contribution in [3.05, 3.63) is 53.6 Å². The highest BCUT2D eigenvalue weighted by Crippen LogP contribution is 2.23. The zero-order valence-electron chi connectivity index (χ0n) is 14.8. The van der Waals surface area contributed by atoms with E-state index in [1.165, 1.54) is 19.1 Å². The lowest BCUT2D eigenvalue weighted by Gasteiger charge is -2.18. The number of anilines is 1. The molecule has 2 amide bonds. The number of hydrogen-bond acceptors (Lipinski definition) is 4. The first kappa shape index (κ1) is 18.3. The molecule has 0 unspecified atom stereocenters. The van der Waals surface area contributed by atoms with Gasteiger partial charge in [-0.3, -0.25) is 9.59 Å². The van der Waals surface area contributed by atoms with E-state index in [-0.39, 0.29) is 18.4 Å². The predicted octanol–water partition coefficient (Wildman–Crippen LogP) is 2.72. The first-order chi connectivity index (χ1) is 11.9. The summed E-state index contributed by atoms with van der Waals surface area (Å²) in [6.07, 6.45) is 0. The van der Waals surface area contributed by atoms with Gasteiger partial charge in [0.25, 0.3) is 5.91 Å². The highest BCUT2D eigenvalue weighted by Gasteiger charge is 2.17. The monoisotopic (exact) mass is 342 g/mol. The van der Waals surface area contributed by atoms with E-state index in [1.807, 2.05) is 31.2 Å². The summed E-state index contributed by atoms with van der Waals surface area (Å²) in [6.45, 7) is 1.91. The van der Waals surface area contributed by atoms with Gasteiger partial charge in [0.05, 0.1) is 20.8 Å². The number of nitrogens with zero attached hydrogens (tertiary/aromatic N) is 1. The molecule has 2 aromatic carbocycles. The van der Waals surface area contributed by atoms with Gasteiger partial charge in [0, 0.05) is 24.4 Å². The summed E-state index contributed by atoms with van der Waals surface area (Å²) in [5, 5.41) is 2.77. The fraction of sp³-hybridized carbons (Fsp3) is 0.263. The molecule has 0 aliphatic rings. The van der Waals surface area contributed by atoms with E-state index in [0.29, 0.717) is 22.7 Å². The fourth-order valence-electron chi connectivity index (χ4n) is 2.28. The highest BCUT2D eigenvalue weighted by molar-refractivity contribution is 5.99. The van der Waals surface area contributed by atoms with Gasteiger partial charge in [0.2, 0.25) is 5.91 Å². The summed E-state index contributed by atoms with van der Waals surface area (Å²) in [5.41, 5.74) is 2.19. The summed E-state index contributed by atoms with van der Waals surface area (Å²) in [7, 11) is 4.60. The van der Waals surface area contributed by atoms with Crippen molar-refractivity contribution < 1.29 is 19.1 Å². The molecule has 0 bridgehead atoms. The van der Waals surface area contributed by atoms with E-state index in [9.17, 15) is 9.59 Å². The Bertz CT molecular complexity index is 734.